The number of aromatic nitrogens is 3. The number of carbonyl (C=O) groups is 1. The van der Waals surface area contributed by atoms with Crippen molar-refractivity contribution >= 4 is 28.3 Å². The van der Waals surface area contributed by atoms with Crippen LogP contribution in [0.5, 0.6) is 0 Å². The molecule has 2 heterocycles. The molecule has 0 radical (unpaired) electrons. The first kappa shape index (κ1) is 18.6. The predicted molar refractivity (Wildman–Crippen MR) is 114 cm³/mol. The number of benzene rings is 2. The Hall–Kier alpha value is -3.80. The van der Waals surface area contributed by atoms with E-state index in [1.165, 1.54) is 0 Å². The van der Waals surface area contributed by atoms with Crippen LogP contribution >= 0.6 is 0 Å². The van der Waals surface area contributed by atoms with Gasteiger partial charge in [-0.2, -0.15) is 0 Å². The van der Waals surface area contributed by atoms with Crippen molar-refractivity contribution in [3.63, 3.8) is 0 Å². The summed E-state index contributed by atoms with van der Waals surface area (Å²) in [5, 5.41) is 12.6. The second-order valence-corrected chi connectivity index (χ2v) is 6.61. The molecule has 0 spiro atoms. The van der Waals surface area contributed by atoms with Crippen molar-refractivity contribution in [3.8, 4) is 0 Å². The molecule has 0 saturated carbocycles. The fraction of sp³-hybridized carbons (Fsp3) is 0.130. The highest BCUT2D eigenvalue weighted by Gasteiger charge is 2.16. The molecule has 4 rings (SSSR count). The van der Waals surface area contributed by atoms with E-state index in [0.717, 1.165) is 22.2 Å². The molecular formula is C23H21N5O. The number of nitrogens with zero attached hydrogens (tertiary/aromatic N) is 4. The summed E-state index contributed by atoms with van der Waals surface area (Å²) >= 11 is 0. The molecule has 1 N–H and O–H groups in total. The number of para-hydroxylation sites is 1. The first-order valence-electron chi connectivity index (χ1n) is 9.52. The van der Waals surface area contributed by atoms with Gasteiger partial charge in [0.15, 0.2) is 11.5 Å². The van der Waals surface area contributed by atoms with Crippen molar-refractivity contribution in [2.24, 2.45) is 0 Å². The van der Waals surface area contributed by atoms with Gasteiger partial charge in [-0.1, -0.05) is 48.5 Å². The SMILES string of the molecule is CCN(Cc1ccccc1)C(=O)c1ccc(Nc2cccc3cccnc23)nn1. The molecule has 144 valence electrons. The van der Waals surface area contributed by atoms with E-state index in [1.54, 1.807) is 23.2 Å². The summed E-state index contributed by atoms with van der Waals surface area (Å²) in [4.78, 5) is 19.0. The predicted octanol–water partition coefficient (Wildman–Crippen LogP) is 4.43. The fourth-order valence-electron chi connectivity index (χ4n) is 3.15. The van der Waals surface area contributed by atoms with Crippen molar-refractivity contribution in [2.75, 3.05) is 11.9 Å². The molecule has 0 saturated heterocycles. The Labute approximate surface area is 169 Å². The van der Waals surface area contributed by atoms with Gasteiger partial charge in [-0.15, -0.1) is 10.2 Å². The van der Waals surface area contributed by atoms with Crippen LogP contribution in [0, 0.1) is 0 Å². The van der Waals surface area contributed by atoms with Gasteiger partial charge in [0.05, 0.1) is 11.2 Å². The molecule has 0 fully saturated rings. The minimum Gasteiger partial charge on any atom is -0.337 e. The summed E-state index contributed by atoms with van der Waals surface area (Å²) in [7, 11) is 0. The number of hydrogen-bond donors (Lipinski definition) is 1. The van der Waals surface area contributed by atoms with E-state index in [1.807, 2.05) is 67.6 Å². The summed E-state index contributed by atoms with van der Waals surface area (Å²) in [6.07, 6.45) is 1.76. The van der Waals surface area contributed by atoms with Gasteiger partial charge in [-0.3, -0.25) is 9.78 Å². The van der Waals surface area contributed by atoms with Crippen molar-refractivity contribution in [1.29, 1.82) is 0 Å². The van der Waals surface area contributed by atoms with E-state index in [4.69, 9.17) is 0 Å². The van der Waals surface area contributed by atoms with Crippen LogP contribution in [0.3, 0.4) is 0 Å². The van der Waals surface area contributed by atoms with Gasteiger partial charge in [0.25, 0.3) is 5.91 Å². The number of hydrogen-bond acceptors (Lipinski definition) is 5. The lowest BCUT2D eigenvalue weighted by Gasteiger charge is -2.20. The molecule has 6 heteroatoms. The molecule has 6 nitrogen and oxygen atoms in total. The van der Waals surface area contributed by atoms with Gasteiger partial charge in [-0.25, -0.2) is 0 Å². The lowest BCUT2D eigenvalue weighted by atomic mass is 10.2. The molecule has 2 aromatic carbocycles. The lowest BCUT2D eigenvalue weighted by molar-refractivity contribution is 0.0745. The monoisotopic (exact) mass is 383 g/mol. The van der Waals surface area contributed by atoms with Crippen LogP contribution in [0.1, 0.15) is 23.0 Å². The summed E-state index contributed by atoms with van der Waals surface area (Å²) in [6, 6.07) is 23.2. The number of carbonyl (C=O) groups excluding carboxylic acids is 1. The van der Waals surface area contributed by atoms with Crippen molar-refractivity contribution < 1.29 is 4.79 Å². The zero-order valence-electron chi connectivity index (χ0n) is 16.1. The Morgan fingerprint density at radius 1 is 0.931 bits per heavy atom. The average Bonchev–Trinajstić information content (AvgIpc) is 2.78. The standard InChI is InChI=1S/C23H21N5O/c1-2-28(16-17-8-4-3-5-9-17)23(29)20-13-14-21(27-26-20)25-19-12-6-10-18-11-7-15-24-22(18)19/h3-15H,2,16H2,1H3,(H,25,27). The molecule has 0 atom stereocenters. The topological polar surface area (TPSA) is 71.0 Å². The van der Waals surface area contributed by atoms with E-state index < -0.39 is 0 Å². The van der Waals surface area contributed by atoms with Crippen LogP contribution in [0.15, 0.2) is 79.0 Å². The number of nitrogens with one attached hydrogen (secondary N) is 1. The Morgan fingerprint density at radius 2 is 1.76 bits per heavy atom. The van der Waals surface area contributed by atoms with Crippen LogP contribution < -0.4 is 5.32 Å². The number of pyridine rings is 1. The Balaban J connectivity index is 1.50. The molecular weight excluding hydrogens is 362 g/mol. The van der Waals surface area contributed by atoms with Gasteiger partial charge in [-0.05, 0) is 36.8 Å². The molecule has 0 aliphatic rings. The maximum atomic E-state index is 12.8. The molecule has 0 aliphatic heterocycles. The van der Waals surface area contributed by atoms with Crippen molar-refractivity contribution in [2.45, 2.75) is 13.5 Å². The molecule has 0 bridgehead atoms. The van der Waals surface area contributed by atoms with Gasteiger partial charge < -0.3 is 10.2 Å². The largest absolute Gasteiger partial charge is 0.337 e. The number of anilines is 2. The number of fused-ring (bicyclic) bond motifs is 1. The van der Waals surface area contributed by atoms with Crippen LogP contribution in [0.25, 0.3) is 10.9 Å². The zero-order valence-corrected chi connectivity index (χ0v) is 16.1. The second kappa shape index (κ2) is 8.48. The lowest BCUT2D eigenvalue weighted by Crippen LogP contribution is -2.31. The highest BCUT2D eigenvalue weighted by molar-refractivity contribution is 5.93. The highest BCUT2D eigenvalue weighted by atomic mass is 16.2. The summed E-state index contributed by atoms with van der Waals surface area (Å²) in [6.45, 7) is 3.09. The molecule has 0 aliphatic carbocycles. The number of amides is 1. The average molecular weight is 383 g/mol. The quantitative estimate of drug-likeness (QED) is 0.533. The maximum Gasteiger partial charge on any atom is 0.274 e. The Morgan fingerprint density at radius 3 is 2.52 bits per heavy atom. The Bertz CT molecular complexity index is 1110. The van der Waals surface area contributed by atoms with Crippen molar-refractivity contribution in [1.82, 2.24) is 20.1 Å². The van der Waals surface area contributed by atoms with Crippen LogP contribution in [-0.2, 0) is 6.54 Å². The van der Waals surface area contributed by atoms with E-state index in [9.17, 15) is 4.79 Å². The van der Waals surface area contributed by atoms with Crippen molar-refractivity contribution in [3.05, 3.63) is 90.3 Å². The third kappa shape index (κ3) is 4.21. The minimum absolute atomic E-state index is 0.137. The van der Waals surface area contributed by atoms with E-state index in [-0.39, 0.29) is 5.91 Å². The zero-order chi connectivity index (χ0) is 20.1. The Kier molecular flexibility index (Phi) is 5.42. The molecule has 0 unspecified atom stereocenters. The summed E-state index contributed by atoms with van der Waals surface area (Å²) in [5.41, 5.74) is 3.11. The van der Waals surface area contributed by atoms with Crippen LogP contribution in [-0.4, -0.2) is 32.5 Å². The third-order valence-electron chi connectivity index (χ3n) is 4.66. The van der Waals surface area contributed by atoms with Crippen LogP contribution in [0.4, 0.5) is 11.5 Å². The van der Waals surface area contributed by atoms with E-state index in [0.29, 0.717) is 24.6 Å². The molecule has 29 heavy (non-hydrogen) atoms. The van der Waals surface area contributed by atoms with Gasteiger partial charge in [0, 0.05) is 24.7 Å². The first-order valence-corrected chi connectivity index (χ1v) is 9.52. The molecule has 1 amide bonds. The third-order valence-corrected chi connectivity index (χ3v) is 4.66. The fourth-order valence-corrected chi connectivity index (χ4v) is 3.15. The smallest absolute Gasteiger partial charge is 0.274 e. The van der Waals surface area contributed by atoms with E-state index in [2.05, 4.69) is 20.5 Å². The number of rotatable bonds is 6. The van der Waals surface area contributed by atoms with Gasteiger partial charge >= 0.3 is 0 Å². The highest BCUT2D eigenvalue weighted by Crippen LogP contribution is 2.23. The van der Waals surface area contributed by atoms with E-state index >= 15 is 0 Å². The van der Waals surface area contributed by atoms with Crippen LogP contribution in [0.2, 0.25) is 0 Å². The second-order valence-electron chi connectivity index (χ2n) is 6.61. The molecule has 4 aromatic rings. The maximum absolute atomic E-state index is 12.8. The van der Waals surface area contributed by atoms with Gasteiger partial charge in [0.2, 0.25) is 0 Å². The first-order chi connectivity index (χ1) is 14.2. The molecule has 2 aromatic heterocycles. The summed E-state index contributed by atoms with van der Waals surface area (Å²) < 4.78 is 0. The minimum atomic E-state index is -0.137. The van der Waals surface area contributed by atoms with Gasteiger partial charge in [0.1, 0.15) is 0 Å². The normalized spacial score (nSPS) is 10.7. The summed E-state index contributed by atoms with van der Waals surface area (Å²) in [5.74, 6) is 0.424.